The molecule has 2 aromatic carbocycles. The lowest BCUT2D eigenvalue weighted by Gasteiger charge is -2.25. The molecule has 12 heteroatoms. The van der Waals surface area contributed by atoms with Crippen molar-refractivity contribution in [1.82, 2.24) is 20.2 Å². The molecule has 38 heavy (non-hydrogen) atoms. The molecule has 3 amide bonds. The first kappa shape index (κ1) is 27.8. The van der Waals surface area contributed by atoms with Gasteiger partial charge in [-0.3, -0.25) is 19.2 Å². The van der Waals surface area contributed by atoms with Gasteiger partial charge in [-0.1, -0.05) is 56.3 Å². The lowest BCUT2D eigenvalue weighted by Crippen LogP contribution is -2.56. The molecule has 0 spiro atoms. The fourth-order valence-corrected chi connectivity index (χ4v) is 4.04. The van der Waals surface area contributed by atoms with E-state index in [2.05, 4.69) is 15.6 Å². The van der Waals surface area contributed by atoms with Crippen LogP contribution in [0.25, 0.3) is 10.9 Å². The maximum Gasteiger partial charge on any atom is 0.329 e. The Bertz CT molecular complexity index is 1460. The summed E-state index contributed by atoms with van der Waals surface area (Å²) in [6.07, 6.45) is -0.730. The summed E-state index contributed by atoms with van der Waals surface area (Å²) in [6, 6.07) is 10.7. The van der Waals surface area contributed by atoms with Crippen LogP contribution in [0.3, 0.4) is 0 Å². The molecule has 0 aliphatic heterocycles. The van der Waals surface area contributed by atoms with Gasteiger partial charge in [-0.2, -0.15) is 0 Å². The first-order valence-corrected chi connectivity index (χ1v) is 11.9. The van der Waals surface area contributed by atoms with E-state index in [9.17, 15) is 33.9 Å². The number of primary amides is 1. The largest absolute Gasteiger partial charge is 0.480 e. The van der Waals surface area contributed by atoms with E-state index in [1.54, 1.807) is 62.4 Å². The van der Waals surface area contributed by atoms with Crippen LogP contribution in [0.2, 0.25) is 0 Å². The van der Waals surface area contributed by atoms with Gasteiger partial charge >= 0.3 is 11.7 Å². The molecule has 1 heterocycles. The van der Waals surface area contributed by atoms with Gasteiger partial charge in [0.15, 0.2) is 0 Å². The first-order chi connectivity index (χ1) is 18.0. The summed E-state index contributed by atoms with van der Waals surface area (Å²) in [4.78, 5) is 78.6. The molecule has 0 unspecified atom stereocenters. The Balaban J connectivity index is 2.03. The fourth-order valence-electron chi connectivity index (χ4n) is 4.04. The van der Waals surface area contributed by atoms with Crippen LogP contribution in [0, 0.1) is 5.92 Å². The number of carbonyl (C=O) groups excluding carboxylic acids is 3. The van der Waals surface area contributed by atoms with Crippen LogP contribution in [0.15, 0.2) is 64.2 Å². The molecule has 0 aliphatic rings. The number of amides is 3. The maximum absolute atomic E-state index is 13.6. The van der Waals surface area contributed by atoms with Gasteiger partial charge in [-0.25, -0.2) is 14.2 Å². The number of benzene rings is 2. The number of nitrogens with two attached hydrogens (primary N) is 1. The van der Waals surface area contributed by atoms with Crippen molar-refractivity contribution in [3.8, 4) is 0 Å². The van der Waals surface area contributed by atoms with E-state index in [-0.39, 0.29) is 17.3 Å². The molecule has 3 atom stereocenters. The SMILES string of the molecule is CC(C)[C@H](NC(=O)[C@H](CC(N)=O)NC(=O)[C@H](Cc1ccccc1)n1c(=O)[nH]c2ccccc2c1=O)C(=O)O. The van der Waals surface area contributed by atoms with Crippen molar-refractivity contribution in [2.45, 2.75) is 44.8 Å². The van der Waals surface area contributed by atoms with E-state index in [1.807, 2.05) is 0 Å². The van der Waals surface area contributed by atoms with Crippen LogP contribution in [0.1, 0.15) is 31.9 Å². The van der Waals surface area contributed by atoms with Gasteiger partial charge in [0, 0.05) is 6.42 Å². The van der Waals surface area contributed by atoms with Crippen molar-refractivity contribution >= 4 is 34.6 Å². The number of para-hydroxylation sites is 1. The molecule has 6 N–H and O–H groups in total. The maximum atomic E-state index is 13.6. The number of carboxylic acids is 1. The average molecular weight is 524 g/mol. The molecule has 3 rings (SSSR count). The van der Waals surface area contributed by atoms with Gasteiger partial charge in [0.05, 0.1) is 17.3 Å². The van der Waals surface area contributed by atoms with Gasteiger partial charge in [0.2, 0.25) is 17.7 Å². The summed E-state index contributed by atoms with van der Waals surface area (Å²) in [6.45, 7) is 3.16. The molecule has 0 saturated heterocycles. The molecule has 200 valence electrons. The Morgan fingerprint density at radius 1 is 0.947 bits per heavy atom. The predicted octanol–water partition coefficient (Wildman–Crippen LogP) is 0.0592. The minimum absolute atomic E-state index is 0.0946. The number of aliphatic carboxylic acids is 1. The third kappa shape index (κ3) is 6.52. The summed E-state index contributed by atoms with van der Waals surface area (Å²) in [5, 5.41) is 14.3. The number of carbonyl (C=O) groups is 4. The zero-order valence-corrected chi connectivity index (χ0v) is 20.8. The summed E-state index contributed by atoms with van der Waals surface area (Å²) in [7, 11) is 0. The van der Waals surface area contributed by atoms with Crippen LogP contribution in [-0.2, 0) is 25.6 Å². The Morgan fingerprint density at radius 2 is 1.58 bits per heavy atom. The Morgan fingerprint density at radius 3 is 2.18 bits per heavy atom. The highest BCUT2D eigenvalue weighted by atomic mass is 16.4. The fraction of sp³-hybridized carbons (Fsp3) is 0.308. The first-order valence-electron chi connectivity index (χ1n) is 11.9. The van der Waals surface area contributed by atoms with Crippen LogP contribution >= 0.6 is 0 Å². The summed E-state index contributed by atoms with van der Waals surface area (Å²) in [5.74, 6) is -4.58. The van der Waals surface area contributed by atoms with Crippen molar-refractivity contribution in [1.29, 1.82) is 0 Å². The van der Waals surface area contributed by atoms with E-state index in [0.29, 0.717) is 5.56 Å². The second-order valence-corrected chi connectivity index (χ2v) is 9.16. The third-order valence-corrected chi connectivity index (χ3v) is 5.99. The van der Waals surface area contributed by atoms with Crippen molar-refractivity contribution in [3.05, 3.63) is 81.0 Å². The molecule has 1 aromatic heterocycles. The molecule has 0 aliphatic carbocycles. The minimum atomic E-state index is -1.55. The number of rotatable bonds is 11. The van der Waals surface area contributed by atoms with E-state index in [4.69, 9.17) is 5.73 Å². The topological polar surface area (TPSA) is 193 Å². The molecular weight excluding hydrogens is 494 g/mol. The zero-order chi connectivity index (χ0) is 28.0. The molecule has 0 radical (unpaired) electrons. The number of H-pyrrole nitrogens is 1. The highest BCUT2D eigenvalue weighted by Gasteiger charge is 2.33. The predicted molar refractivity (Wildman–Crippen MR) is 138 cm³/mol. The van der Waals surface area contributed by atoms with E-state index in [1.165, 1.54) is 6.07 Å². The monoisotopic (exact) mass is 523 g/mol. The van der Waals surface area contributed by atoms with Crippen LogP contribution in [-0.4, -0.2) is 50.4 Å². The summed E-state index contributed by atoms with van der Waals surface area (Å²) in [5.41, 5.74) is 4.63. The van der Waals surface area contributed by atoms with E-state index >= 15 is 0 Å². The number of nitrogens with zero attached hydrogens (tertiary/aromatic N) is 1. The van der Waals surface area contributed by atoms with Gasteiger partial charge < -0.3 is 26.5 Å². The van der Waals surface area contributed by atoms with Crippen molar-refractivity contribution in [2.24, 2.45) is 11.7 Å². The lowest BCUT2D eigenvalue weighted by atomic mass is 10.0. The number of aromatic amines is 1. The smallest absolute Gasteiger partial charge is 0.329 e. The third-order valence-electron chi connectivity index (χ3n) is 5.99. The van der Waals surface area contributed by atoms with Crippen LogP contribution < -0.4 is 27.6 Å². The second-order valence-electron chi connectivity index (χ2n) is 9.16. The Kier molecular flexibility index (Phi) is 8.79. The highest BCUT2D eigenvalue weighted by Crippen LogP contribution is 2.14. The molecule has 0 bridgehead atoms. The zero-order valence-electron chi connectivity index (χ0n) is 20.8. The number of nitrogens with one attached hydrogen (secondary N) is 3. The normalized spacial score (nSPS) is 13.4. The average Bonchev–Trinajstić information content (AvgIpc) is 2.86. The van der Waals surface area contributed by atoms with E-state index in [0.717, 1.165) is 4.57 Å². The van der Waals surface area contributed by atoms with Gasteiger partial charge in [0.1, 0.15) is 18.1 Å². The lowest BCUT2D eigenvalue weighted by molar-refractivity contribution is -0.143. The van der Waals surface area contributed by atoms with Crippen molar-refractivity contribution in [2.75, 3.05) is 0 Å². The van der Waals surface area contributed by atoms with E-state index < -0.39 is 65.4 Å². The second kappa shape index (κ2) is 12.0. The Hall–Kier alpha value is -4.74. The standard InChI is InChI=1S/C26H29N5O7/c1-14(2)21(25(36)37)30-22(33)18(13-20(27)32)28-23(34)19(12-15-8-4-3-5-9-15)31-24(35)16-10-6-7-11-17(16)29-26(31)38/h3-11,14,18-19,21H,12-13H2,1-2H3,(H2,27,32)(H,28,34)(H,29,38)(H,30,33)(H,36,37)/t18-,19-,21-/m0/s1. The number of hydrogen-bond acceptors (Lipinski definition) is 6. The quantitative estimate of drug-likeness (QED) is 0.234. The number of aromatic nitrogens is 2. The summed E-state index contributed by atoms with van der Waals surface area (Å²) < 4.78 is 0.762. The Labute approximate surface area is 216 Å². The van der Waals surface area contributed by atoms with Gasteiger partial charge in [-0.15, -0.1) is 0 Å². The number of carboxylic acid groups (broad SMARTS) is 1. The molecular formula is C26H29N5O7. The number of fused-ring (bicyclic) bond motifs is 1. The molecule has 3 aromatic rings. The molecule has 0 saturated carbocycles. The van der Waals surface area contributed by atoms with Crippen molar-refractivity contribution < 1.29 is 24.3 Å². The van der Waals surface area contributed by atoms with Crippen molar-refractivity contribution in [3.63, 3.8) is 0 Å². The highest BCUT2D eigenvalue weighted by molar-refractivity contribution is 5.94. The van der Waals surface area contributed by atoms with Crippen LogP contribution in [0.4, 0.5) is 0 Å². The van der Waals surface area contributed by atoms with Gasteiger partial charge in [-0.05, 0) is 23.6 Å². The molecule has 0 fully saturated rings. The molecule has 12 nitrogen and oxygen atoms in total. The summed E-state index contributed by atoms with van der Waals surface area (Å²) >= 11 is 0. The van der Waals surface area contributed by atoms with Crippen LogP contribution in [0.5, 0.6) is 0 Å². The van der Waals surface area contributed by atoms with Gasteiger partial charge in [0.25, 0.3) is 5.56 Å². The minimum Gasteiger partial charge on any atom is -0.480 e. The number of hydrogen-bond donors (Lipinski definition) is 5.